The Balaban J connectivity index is 1.95. The van der Waals surface area contributed by atoms with Gasteiger partial charge < -0.3 is 15.2 Å². The third-order valence-corrected chi connectivity index (χ3v) is 2.79. The van der Waals surface area contributed by atoms with Crippen LogP contribution in [0.25, 0.3) is 0 Å². The van der Waals surface area contributed by atoms with Gasteiger partial charge in [0.05, 0.1) is 18.8 Å². The number of ether oxygens (including phenoxy) is 1. The fraction of sp³-hybridized carbons (Fsp3) is 0.889. The molecule has 0 radical (unpaired) electrons. The van der Waals surface area contributed by atoms with Crippen molar-refractivity contribution in [2.24, 2.45) is 0 Å². The molecule has 0 spiro atoms. The number of ketones is 1. The molecule has 2 aliphatic rings. The number of carbonyl (C=O) groups is 1. The number of nitrogens with one attached hydrogen (secondary N) is 1. The summed E-state index contributed by atoms with van der Waals surface area (Å²) < 4.78 is 5.58. The van der Waals surface area contributed by atoms with Crippen molar-refractivity contribution < 1.29 is 14.6 Å². The molecule has 3 unspecified atom stereocenters. The predicted molar refractivity (Wildman–Crippen MR) is 46.4 cm³/mol. The van der Waals surface area contributed by atoms with Gasteiger partial charge in [-0.3, -0.25) is 4.79 Å². The minimum Gasteiger partial charge on any atom is -0.394 e. The SMILES string of the molecule is O=C1CCC2NCC(CO)OC2C1. The van der Waals surface area contributed by atoms with Crippen LogP contribution in [0.2, 0.25) is 0 Å². The highest BCUT2D eigenvalue weighted by Crippen LogP contribution is 2.22. The molecule has 1 aliphatic carbocycles. The Bertz CT molecular complexity index is 207. The molecule has 13 heavy (non-hydrogen) atoms. The molecule has 1 aliphatic heterocycles. The molecule has 0 aromatic carbocycles. The van der Waals surface area contributed by atoms with Crippen LogP contribution in [0.5, 0.6) is 0 Å². The van der Waals surface area contributed by atoms with E-state index in [1.165, 1.54) is 0 Å². The molecule has 1 saturated heterocycles. The monoisotopic (exact) mass is 185 g/mol. The Labute approximate surface area is 77.3 Å². The molecule has 2 fully saturated rings. The summed E-state index contributed by atoms with van der Waals surface area (Å²) >= 11 is 0. The fourth-order valence-electron chi connectivity index (χ4n) is 2.03. The molecule has 3 atom stereocenters. The highest BCUT2D eigenvalue weighted by Gasteiger charge is 2.35. The van der Waals surface area contributed by atoms with Crippen molar-refractivity contribution in [3.05, 3.63) is 0 Å². The summed E-state index contributed by atoms with van der Waals surface area (Å²) in [5.74, 6) is 0.279. The predicted octanol–water partition coefficient (Wildman–Crippen LogP) is -0.543. The standard InChI is InChI=1S/C9H15NO3/c11-5-7-4-10-8-2-1-6(12)3-9(8)13-7/h7-11H,1-5H2. The molecule has 4 heteroatoms. The number of Topliss-reactive ketones (excluding diaryl/α,β-unsaturated/α-hetero) is 1. The third kappa shape index (κ3) is 1.90. The van der Waals surface area contributed by atoms with Crippen LogP contribution in [0.15, 0.2) is 0 Å². The van der Waals surface area contributed by atoms with Crippen molar-refractivity contribution in [2.45, 2.75) is 37.5 Å². The van der Waals surface area contributed by atoms with E-state index in [0.29, 0.717) is 25.4 Å². The Morgan fingerprint density at radius 1 is 1.62 bits per heavy atom. The first-order valence-electron chi connectivity index (χ1n) is 4.81. The Kier molecular flexibility index (Phi) is 2.62. The number of morpholine rings is 1. The molecule has 0 amide bonds. The van der Waals surface area contributed by atoms with Gasteiger partial charge in [0.2, 0.25) is 0 Å². The summed E-state index contributed by atoms with van der Waals surface area (Å²) in [6.07, 6.45) is 1.91. The van der Waals surface area contributed by atoms with E-state index in [9.17, 15) is 4.79 Å². The number of hydrogen-bond donors (Lipinski definition) is 2. The number of aliphatic hydroxyl groups excluding tert-OH is 1. The maximum absolute atomic E-state index is 11.1. The van der Waals surface area contributed by atoms with E-state index in [4.69, 9.17) is 9.84 Å². The molecular formula is C9H15NO3. The van der Waals surface area contributed by atoms with Crippen LogP contribution in [0.3, 0.4) is 0 Å². The first-order chi connectivity index (χ1) is 6.29. The smallest absolute Gasteiger partial charge is 0.135 e. The highest BCUT2D eigenvalue weighted by molar-refractivity contribution is 5.80. The van der Waals surface area contributed by atoms with Gasteiger partial charge in [-0.1, -0.05) is 0 Å². The van der Waals surface area contributed by atoms with Crippen LogP contribution < -0.4 is 5.32 Å². The van der Waals surface area contributed by atoms with Gasteiger partial charge in [0.1, 0.15) is 5.78 Å². The van der Waals surface area contributed by atoms with Crippen molar-refractivity contribution in [3.8, 4) is 0 Å². The summed E-state index contributed by atoms with van der Waals surface area (Å²) in [6, 6.07) is 0.320. The molecule has 1 heterocycles. The third-order valence-electron chi connectivity index (χ3n) is 2.79. The second-order valence-electron chi connectivity index (χ2n) is 3.78. The minimum atomic E-state index is -0.132. The van der Waals surface area contributed by atoms with E-state index in [1.54, 1.807) is 0 Å². The van der Waals surface area contributed by atoms with Crippen LogP contribution >= 0.6 is 0 Å². The van der Waals surface area contributed by atoms with Crippen molar-refractivity contribution in [1.82, 2.24) is 5.32 Å². The van der Waals surface area contributed by atoms with E-state index in [-0.39, 0.29) is 24.6 Å². The lowest BCUT2D eigenvalue weighted by Gasteiger charge is -2.39. The molecule has 2 N–H and O–H groups in total. The lowest BCUT2D eigenvalue weighted by Crippen LogP contribution is -2.55. The number of rotatable bonds is 1. The molecule has 4 nitrogen and oxygen atoms in total. The first-order valence-corrected chi connectivity index (χ1v) is 4.81. The Morgan fingerprint density at radius 2 is 2.46 bits per heavy atom. The van der Waals surface area contributed by atoms with Crippen molar-refractivity contribution >= 4 is 5.78 Å². The van der Waals surface area contributed by atoms with Crippen molar-refractivity contribution in [2.75, 3.05) is 13.2 Å². The number of fused-ring (bicyclic) bond motifs is 1. The zero-order valence-electron chi connectivity index (χ0n) is 7.53. The van der Waals surface area contributed by atoms with Gasteiger partial charge in [-0.2, -0.15) is 0 Å². The van der Waals surface area contributed by atoms with Crippen molar-refractivity contribution in [3.63, 3.8) is 0 Å². The largest absolute Gasteiger partial charge is 0.394 e. The lowest BCUT2D eigenvalue weighted by atomic mass is 9.90. The van der Waals surface area contributed by atoms with E-state index in [0.717, 1.165) is 6.42 Å². The summed E-state index contributed by atoms with van der Waals surface area (Å²) in [6.45, 7) is 0.732. The first kappa shape index (κ1) is 9.12. The second-order valence-corrected chi connectivity index (χ2v) is 3.78. The average Bonchev–Trinajstić information content (AvgIpc) is 2.16. The van der Waals surface area contributed by atoms with Gasteiger partial charge >= 0.3 is 0 Å². The molecule has 0 aromatic heterocycles. The Morgan fingerprint density at radius 3 is 3.23 bits per heavy atom. The molecule has 2 rings (SSSR count). The minimum absolute atomic E-state index is 0.00727. The lowest BCUT2D eigenvalue weighted by molar-refractivity contribution is -0.135. The topological polar surface area (TPSA) is 58.6 Å². The van der Waals surface area contributed by atoms with Crippen LogP contribution in [-0.4, -0.2) is 42.3 Å². The summed E-state index contributed by atoms with van der Waals surface area (Å²) in [4.78, 5) is 11.1. The van der Waals surface area contributed by atoms with E-state index >= 15 is 0 Å². The van der Waals surface area contributed by atoms with Crippen LogP contribution in [-0.2, 0) is 9.53 Å². The van der Waals surface area contributed by atoms with Crippen LogP contribution in [0.4, 0.5) is 0 Å². The average molecular weight is 185 g/mol. The molecular weight excluding hydrogens is 170 g/mol. The highest BCUT2D eigenvalue weighted by atomic mass is 16.5. The van der Waals surface area contributed by atoms with Crippen molar-refractivity contribution in [1.29, 1.82) is 0 Å². The Hall–Kier alpha value is -0.450. The second kappa shape index (κ2) is 3.74. The van der Waals surface area contributed by atoms with E-state index < -0.39 is 0 Å². The summed E-state index contributed by atoms with van der Waals surface area (Å²) in [5.41, 5.74) is 0. The summed E-state index contributed by atoms with van der Waals surface area (Å²) in [7, 11) is 0. The number of aliphatic hydroxyl groups is 1. The normalized spacial score (nSPS) is 40.1. The number of carbonyl (C=O) groups excluding carboxylic acids is 1. The quantitative estimate of drug-likeness (QED) is 0.576. The molecule has 74 valence electrons. The van der Waals surface area contributed by atoms with Gasteiger partial charge in [-0.15, -0.1) is 0 Å². The van der Waals surface area contributed by atoms with Crippen LogP contribution in [0.1, 0.15) is 19.3 Å². The van der Waals surface area contributed by atoms with Crippen LogP contribution in [0, 0.1) is 0 Å². The van der Waals surface area contributed by atoms with Gasteiger partial charge in [-0.25, -0.2) is 0 Å². The zero-order valence-corrected chi connectivity index (χ0v) is 7.53. The molecule has 0 aromatic rings. The van der Waals surface area contributed by atoms with Gasteiger partial charge in [0.25, 0.3) is 0 Å². The fourth-order valence-corrected chi connectivity index (χ4v) is 2.03. The van der Waals surface area contributed by atoms with Gasteiger partial charge in [-0.05, 0) is 6.42 Å². The molecule has 0 bridgehead atoms. The van der Waals surface area contributed by atoms with Gasteiger partial charge in [0.15, 0.2) is 0 Å². The molecule has 1 saturated carbocycles. The van der Waals surface area contributed by atoms with Gasteiger partial charge in [0, 0.05) is 25.4 Å². The number of hydrogen-bond acceptors (Lipinski definition) is 4. The van der Waals surface area contributed by atoms with E-state index in [2.05, 4.69) is 5.32 Å². The maximum Gasteiger partial charge on any atom is 0.135 e. The maximum atomic E-state index is 11.1. The zero-order chi connectivity index (χ0) is 9.26. The van der Waals surface area contributed by atoms with E-state index in [1.807, 2.05) is 0 Å². The summed E-state index contributed by atoms with van der Waals surface area (Å²) in [5, 5.41) is 12.2.